The second-order valence-electron chi connectivity index (χ2n) is 7.79. The van der Waals surface area contributed by atoms with Crippen molar-refractivity contribution in [3.05, 3.63) is 101 Å². The molecule has 1 N–H and O–H groups in total. The van der Waals surface area contributed by atoms with Crippen LogP contribution in [0.1, 0.15) is 11.1 Å². The third kappa shape index (κ3) is 7.34. The summed E-state index contributed by atoms with van der Waals surface area (Å²) in [4.78, 5) is 32.3. The summed E-state index contributed by atoms with van der Waals surface area (Å²) in [6, 6.07) is 20.3. The Morgan fingerprint density at radius 1 is 0.946 bits per heavy atom. The Balaban J connectivity index is 0.00000380. The standard InChI is InChI=1S/C27H24FN3O4S.ClH/c1-34-22-11-3-18(4-12-22)16-29-27-31(17-19-5-13-23(35-2)14-6-19)26(33)24(36-27)15-25(32)30-21-9-7-20(28)8-10-21;/h3-15H,16-17H2,1-2H3,(H,30,32);1H/b24-15+,29-27?;. The number of halogens is 2. The number of aliphatic imine (C=N–C) groups is 1. The molecule has 0 saturated carbocycles. The van der Waals surface area contributed by atoms with Crippen molar-refractivity contribution < 1.29 is 23.5 Å². The van der Waals surface area contributed by atoms with Crippen LogP contribution < -0.4 is 14.8 Å². The van der Waals surface area contributed by atoms with Gasteiger partial charge < -0.3 is 14.8 Å². The van der Waals surface area contributed by atoms with E-state index in [9.17, 15) is 14.0 Å². The fraction of sp³-hybridized carbons (Fsp3) is 0.148. The first-order chi connectivity index (χ1) is 17.4. The lowest BCUT2D eigenvalue weighted by Gasteiger charge is -2.16. The number of methoxy groups -OCH3 is 2. The smallest absolute Gasteiger partial charge is 0.267 e. The van der Waals surface area contributed by atoms with Gasteiger partial charge in [-0.15, -0.1) is 12.4 Å². The van der Waals surface area contributed by atoms with E-state index in [1.807, 2.05) is 48.5 Å². The number of benzene rings is 3. The molecule has 10 heteroatoms. The number of anilines is 1. The summed E-state index contributed by atoms with van der Waals surface area (Å²) < 4.78 is 23.5. The van der Waals surface area contributed by atoms with Crippen LogP contribution in [0.15, 0.2) is 88.8 Å². The molecule has 1 aliphatic rings. The molecule has 192 valence electrons. The normalized spacial score (nSPS) is 15.0. The number of nitrogens with one attached hydrogen (secondary N) is 1. The lowest BCUT2D eigenvalue weighted by molar-refractivity contribution is -0.123. The van der Waals surface area contributed by atoms with Crippen molar-refractivity contribution >= 4 is 46.8 Å². The molecule has 0 aromatic heterocycles. The van der Waals surface area contributed by atoms with Gasteiger partial charge in [-0.1, -0.05) is 24.3 Å². The summed E-state index contributed by atoms with van der Waals surface area (Å²) in [5.41, 5.74) is 2.27. The fourth-order valence-corrected chi connectivity index (χ4v) is 4.35. The highest BCUT2D eigenvalue weighted by atomic mass is 35.5. The molecule has 2 amide bonds. The predicted molar refractivity (Wildman–Crippen MR) is 146 cm³/mol. The van der Waals surface area contributed by atoms with Crippen molar-refractivity contribution in [1.29, 1.82) is 0 Å². The van der Waals surface area contributed by atoms with Gasteiger partial charge in [0, 0.05) is 11.8 Å². The van der Waals surface area contributed by atoms with Crippen LogP contribution in [0.5, 0.6) is 11.5 Å². The third-order valence-electron chi connectivity index (χ3n) is 5.32. The number of thioether (sulfide) groups is 1. The van der Waals surface area contributed by atoms with Gasteiger partial charge in [-0.05, 0) is 71.4 Å². The van der Waals surface area contributed by atoms with Crippen molar-refractivity contribution in [2.75, 3.05) is 19.5 Å². The second-order valence-corrected chi connectivity index (χ2v) is 8.80. The number of ether oxygens (including phenoxy) is 2. The van der Waals surface area contributed by atoms with Gasteiger partial charge in [-0.25, -0.2) is 4.39 Å². The number of amides is 2. The first-order valence-corrected chi connectivity index (χ1v) is 11.8. The molecule has 0 spiro atoms. The summed E-state index contributed by atoms with van der Waals surface area (Å²) in [7, 11) is 3.20. The molecular formula is C27H25ClFN3O4S. The number of carbonyl (C=O) groups is 2. The monoisotopic (exact) mass is 541 g/mol. The van der Waals surface area contributed by atoms with E-state index in [2.05, 4.69) is 10.3 Å². The summed E-state index contributed by atoms with van der Waals surface area (Å²) in [5.74, 6) is 0.249. The van der Waals surface area contributed by atoms with Crippen molar-refractivity contribution in [3.63, 3.8) is 0 Å². The first kappa shape index (κ1) is 27.8. The van der Waals surface area contributed by atoms with Crippen LogP contribution >= 0.6 is 24.2 Å². The number of hydrogen-bond acceptors (Lipinski definition) is 6. The quantitative estimate of drug-likeness (QED) is 0.385. The van der Waals surface area contributed by atoms with E-state index in [0.29, 0.717) is 23.1 Å². The Labute approximate surface area is 224 Å². The zero-order chi connectivity index (χ0) is 25.5. The number of nitrogens with zero attached hydrogens (tertiary/aromatic N) is 2. The Hall–Kier alpha value is -3.82. The Morgan fingerprint density at radius 2 is 1.51 bits per heavy atom. The molecule has 0 atom stereocenters. The zero-order valence-corrected chi connectivity index (χ0v) is 21.8. The van der Waals surface area contributed by atoms with Gasteiger partial charge >= 0.3 is 0 Å². The largest absolute Gasteiger partial charge is 0.497 e. The first-order valence-electron chi connectivity index (χ1n) is 11.0. The van der Waals surface area contributed by atoms with Gasteiger partial charge in [0.1, 0.15) is 17.3 Å². The van der Waals surface area contributed by atoms with Crippen LogP contribution in [0, 0.1) is 5.82 Å². The predicted octanol–water partition coefficient (Wildman–Crippen LogP) is 5.42. The molecule has 1 fully saturated rings. The lowest BCUT2D eigenvalue weighted by Crippen LogP contribution is -2.29. The van der Waals surface area contributed by atoms with Crippen LogP contribution in [-0.4, -0.2) is 36.1 Å². The van der Waals surface area contributed by atoms with Gasteiger partial charge in [0.25, 0.3) is 5.91 Å². The molecule has 3 aromatic rings. The van der Waals surface area contributed by atoms with E-state index in [1.165, 1.54) is 30.3 Å². The maximum atomic E-state index is 13.3. The van der Waals surface area contributed by atoms with Gasteiger partial charge in [0.15, 0.2) is 5.17 Å². The molecule has 0 bridgehead atoms. The van der Waals surface area contributed by atoms with Gasteiger partial charge in [0.05, 0.1) is 32.2 Å². The molecule has 1 saturated heterocycles. The molecule has 0 radical (unpaired) electrons. The van der Waals surface area contributed by atoms with Gasteiger partial charge in [0.2, 0.25) is 5.91 Å². The van der Waals surface area contributed by atoms with Crippen molar-refractivity contribution in [3.8, 4) is 11.5 Å². The number of hydrogen-bond donors (Lipinski definition) is 1. The number of amidine groups is 1. The molecule has 1 aliphatic heterocycles. The van der Waals surface area contributed by atoms with E-state index in [1.54, 1.807) is 19.1 Å². The molecule has 0 unspecified atom stereocenters. The minimum absolute atomic E-state index is 0. The molecular weight excluding hydrogens is 517 g/mol. The van der Waals surface area contributed by atoms with Crippen LogP contribution in [0.4, 0.5) is 10.1 Å². The molecule has 3 aromatic carbocycles. The highest BCUT2D eigenvalue weighted by molar-refractivity contribution is 8.18. The minimum Gasteiger partial charge on any atom is -0.497 e. The molecule has 7 nitrogen and oxygen atoms in total. The summed E-state index contributed by atoms with van der Waals surface area (Å²) in [6.45, 7) is 0.641. The van der Waals surface area contributed by atoms with Crippen LogP contribution in [-0.2, 0) is 22.7 Å². The van der Waals surface area contributed by atoms with Crippen molar-refractivity contribution in [1.82, 2.24) is 4.90 Å². The summed E-state index contributed by atoms with van der Waals surface area (Å²) in [5, 5.41) is 3.14. The maximum absolute atomic E-state index is 13.3. The third-order valence-corrected chi connectivity index (χ3v) is 6.36. The highest BCUT2D eigenvalue weighted by Crippen LogP contribution is 2.33. The van der Waals surface area contributed by atoms with Crippen LogP contribution in [0.3, 0.4) is 0 Å². The lowest BCUT2D eigenvalue weighted by atomic mass is 10.2. The van der Waals surface area contributed by atoms with Gasteiger partial charge in [-0.3, -0.25) is 19.5 Å². The van der Waals surface area contributed by atoms with Crippen molar-refractivity contribution in [2.45, 2.75) is 13.1 Å². The summed E-state index contributed by atoms with van der Waals surface area (Å²) >= 11 is 1.14. The van der Waals surface area contributed by atoms with E-state index in [-0.39, 0.29) is 29.8 Å². The van der Waals surface area contributed by atoms with E-state index in [0.717, 1.165) is 28.6 Å². The Bertz CT molecular complexity index is 1300. The van der Waals surface area contributed by atoms with Crippen LogP contribution in [0.2, 0.25) is 0 Å². The highest BCUT2D eigenvalue weighted by Gasteiger charge is 2.34. The summed E-state index contributed by atoms with van der Waals surface area (Å²) in [6.07, 6.45) is 1.24. The zero-order valence-electron chi connectivity index (χ0n) is 20.1. The number of carbonyl (C=O) groups excluding carboxylic acids is 2. The molecule has 1 heterocycles. The second kappa shape index (κ2) is 12.9. The molecule has 0 aliphatic carbocycles. The Morgan fingerprint density at radius 3 is 2.08 bits per heavy atom. The fourth-order valence-electron chi connectivity index (χ4n) is 3.40. The average molecular weight is 542 g/mol. The SMILES string of the molecule is COc1ccc(CN=C2S/C(=C/C(=O)Nc3ccc(F)cc3)C(=O)N2Cc2ccc(OC)cc2)cc1.Cl. The van der Waals surface area contributed by atoms with E-state index in [4.69, 9.17) is 9.47 Å². The van der Waals surface area contributed by atoms with E-state index < -0.39 is 11.7 Å². The van der Waals surface area contributed by atoms with Crippen LogP contribution in [0.25, 0.3) is 0 Å². The maximum Gasteiger partial charge on any atom is 0.267 e. The minimum atomic E-state index is -0.488. The topological polar surface area (TPSA) is 80.2 Å². The molecule has 4 rings (SSSR count). The molecule has 37 heavy (non-hydrogen) atoms. The van der Waals surface area contributed by atoms with Crippen molar-refractivity contribution in [2.24, 2.45) is 4.99 Å². The van der Waals surface area contributed by atoms with Gasteiger partial charge in [-0.2, -0.15) is 0 Å². The number of rotatable bonds is 8. The van der Waals surface area contributed by atoms with E-state index >= 15 is 0 Å². The Kier molecular flexibility index (Phi) is 9.71. The average Bonchev–Trinajstić information content (AvgIpc) is 3.18.